The smallest absolute Gasteiger partial charge is 0.292 e. The number of thiazole rings is 1. The summed E-state index contributed by atoms with van der Waals surface area (Å²) < 4.78 is 1.02. The Labute approximate surface area is 157 Å². The van der Waals surface area contributed by atoms with E-state index in [2.05, 4.69) is 31.1 Å². The molecule has 0 saturated heterocycles. The number of para-hydroxylation sites is 2. The van der Waals surface area contributed by atoms with Gasteiger partial charge in [-0.05, 0) is 35.6 Å². The van der Waals surface area contributed by atoms with Gasteiger partial charge in [0.05, 0.1) is 16.6 Å². The molecule has 0 radical (unpaired) electrons. The number of anilines is 1. The van der Waals surface area contributed by atoms with Crippen LogP contribution in [0.15, 0.2) is 42.5 Å². The highest BCUT2D eigenvalue weighted by molar-refractivity contribution is 7.18. The van der Waals surface area contributed by atoms with Crippen molar-refractivity contribution in [1.29, 1.82) is 0 Å². The molecule has 0 saturated carbocycles. The van der Waals surface area contributed by atoms with Gasteiger partial charge in [0.15, 0.2) is 0 Å². The van der Waals surface area contributed by atoms with Crippen molar-refractivity contribution in [2.45, 2.75) is 39.5 Å². The van der Waals surface area contributed by atoms with Crippen LogP contribution in [-0.4, -0.2) is 16.7 Å². The third-order valence-electron chi connectivity index (χ3n) is 4.22. The van der Waals surface area contributed by atoms with E-state index in [-0.39, 0.29) is 11.8 Å². The lowest BCUT2D eigenvalue weighted by atomic mass is 9.84. The molecule has 0 aliphatic carbocycles. The number of carbonyl (C=O) groups excluding carboxylic acids is 2. The van der Waals surface area contributed by atoms with E-state index in [1.54, 1.807) is 0 Å². The van der Waals surface area contributed by atoms with Crippen molar-refractivity contribution in [2.24, 2.45) is 0 Å². The quantitative estimate of drug-likeness (QED) is 0.684. The molecular weight excluding hydrogens is 344 g/mol. The van der Waals surface area contributed by atoms with Crippen LogP contribution in [0.1, 0.15) is 36.9 Å². The van der Waals surface area contributed by atoms with E-state index >= 15 is 0 Å². The monoisotopic (exact) mass is 366 g/mol. The van der Waals surface area contributed by atoms with Gasteiger partial charge < -0.3 is 5.32 Å². The summed E-state index contributed by atoms with van der Waals surface area (Å²) >= 11 is 1.45. The fraction of sp³-hybridized carbons (Fsp3) is 0.286. The van der Waals surface area contributed by atoms with Crippen LogP contribution < -0.4 is 5.32 Å². The second-order valence-electron chi connectivity index (χ2n) is 7.38. The van der Waals surface area contributed by atoms with Crippen LogP contribution >= 0.6 is 11.3 Å². The van der Waals surface area contributed by atoms with Gasteiger partial charge in [-0.15, -0.1) is 11.3 Å². The van der Waals surface area contributed by atoms with Crippen LogP contribution in [0, 0.1) is 6.92 Å². The molecule has 26 heavy (non-hydrogen) atoms. The molecule has 0 spiro atoms. The number of hydrogen-bond donors (Lipinski definition) is 1. The van der Waals surface area contributed by atoms with Gasteiger partial charge in [-0.1, -0.05) is 51.1 Å². The highest BCUT2D eigenvalue weighted by Gasteiger charge is 2.23. The molecule has 3 aromatic rings. The molecular formula is C21H22N2O2S. The number of aromatic nitrogens is 1. The number of Topliss-reactive ketones (excluding diaryl/α,β-unsaturated/α-hetero) is 1. The van der Waals surface area contributed by atoms with E-state index in [9.17, 15) is 9.59 Å². The van der Waals surface area contributed by atoms with Crippen molar-refractivity contribution in [3.63, 3.8) is 0 Å². The number of fused-ring (bicyclic) bond motifs is 1. The highest BCUT2D eigenvalue weighted by atomic mass is 32.1. The Hall–Kier alpha value is -2.53. The van der Waals surface area contributed by atoms with Crippen LogP contribution in [0.3, 0.4) is 0 Å². The van der Waals surface area contributed by atoms with Crippen molar-refractivity contribution in [2.75, 3.05) is 5.32 Å². The van der Waals surface area contributed by atoms with E-state index < -0.39 is 11.7 Å². The largest absolute Gasteiger partial charge is 0.319 e. The van der Waals surface area contributed by atoms with Gasteiger partial charge in [0.1, 0.15) is 5.01 Å². The SMILES string of the molecule is Cc1cccc(C(C)(C)C)c1NC(=O)C(=O)Cc1nc2ccccc2s1. The molecule has 0 bridgehead atoms. The lowest BCUT2D eigenvalue weighted by Crippen LogP contribution is -2.27. The second-order valence-corrected chi connectivity index (χ2v) is 8.49. The Morgan fingerprint density at radius 3 is 2.50 bits per heavy atom. The summed E-state index contributed by atoms with van der Waals surface area (Å²) in [5.41, 5.74) is 3.40. The van der Waals surface area contributed by atoms with Gasteiger partial charge in [-0.25, -0.2) is 4.98 Å². The first-order valence-corrected chi connectivity index (χ1v) is 9.36. The molecule has 1 aromatic heterocycles. The third-order valence-corrected chi connectivity index (χ3v) is 5.26. The predicted molar refractivity (Wildman–Crippen MR) is 107 cm³/mol. The first-order valence-electron chi connectivity index (χ1n) is 8.54. The Bertz CT molecular complexity index is 950. The lowest BCUT2D eigenvalue weighted by molar-refractivity contribution is -0.134. The Balaban J connectivity index is 1.79. The molecule has 0 unspecified atom stereocenters. The molecule has 1 amide bonds. The van der Waals surface area contributed by atoms with E-state index in [0.29, 0.717) is 5.01 Å². The first kappa shape index (κ1) is 18.3. The number of benzene rings is 2. The van der Waals surface area contributed by atoms with Gasteiger partial charge in [0, 0.05) is 5.69 Å². The molecule has 0 aliphatic rings. The van der Waals surface area contributed by atoms with Crippen LogP contribution in [0.2, 0.25) is 0 Å². The summed E-state index contributed by atoms with van der Waals surface area (Å²) in [5, 5.41) is 3.49. The summed E-state index contributed by atoms with van der Waals surface area (Å²) in [6.07, 6.45) is 0.0158. The van der Waals surface area contributed by atoms with Gasteiger partial charge >= 0.3 is 0 Å². The summed E-state index contributed by atoms with van der Waals surface area (Å²) in [4.78, 5) is 29.3. The summed E-state index contributed by atoms with van der Waals surface area (Å²) in [7, 11) is 0. The molecule has 2 aromatic carbocycles. The zero-order valence-corrected chi connectivity index (χ0v) is 16.2. The fourth-order valence-electron chi connectivity index (χ4n) is 2.86. The average Bonchev–Trinajstić information content (AvgIpc) is 2.97. The molecule has 1 N–H and O–H groups in total. The Morgan fingerprint density at radius 1 is 1.08 bits per heavy atom. The normalized spacial score (nSPS) is 11.5. The van der Waals surface area contributed by atoms with Crippen LogP contribution in [-0.2, 0) is 21.4 Å². The number of nitrogens with zero attached hydrogens (tertiary/aromatic N) is 1. The van der Waals surface area contributed by atoms with Gasteiger partial charge in [-0.2, -0.15) is 0 Å². The summed E-state index contributed by atoms with van der Waals surface area (Å²) in [6.45, 7) is 8.18. The minimum Gasteiger partial charge on any atom is -0.319 e. The summed E-state index contributed by atoms with van der Waals surface area (Å²) in [5.74, 6) is -1.07. The number of amides is 1. The fourth-order valence-corrected chi connectivity index (χ4v) is 3.82. The molecule has 0 atom stereocenters. The molecule has 4 nitrogen and oxygen atoms in total. The molecule has 5 heteroatoms. The molecule has 3 rings (SSSR count). The van der Waals surface area contributed by atoms with Crippen molar-refractivity contribution in [3.8, 4) is 0 Å². The number of carbonyl (C=O) groups is 2. The van der Waals surface area contributed by atoms with E-state index in [1.165, 1.54) is 11.3 Å². The van der Waals surface area contributed by atoms with E-state index in [1.807, 2.05) is 49.4 Å². The van der Waals surface area contributed by atoms with Gasteiger partial charge in [-0.3, -0.25) is 9.59 Å². The van der Waals surface area contributed by atoms with Crippen LogP contribution in [0.25, 0.3) is 10.2 Å². The van der Waals surface area contributed by atoms with Crippen molar-refractivity contribution < 1.29 is 9.59 Å². The minimum absolute atomic E-state index is 0.0158. The molecule has 134 valence electrons. The Kier molecular flexibility index (Phi) is 4.92. The average molecular weight is 366 g/mol. The third kappa shape index (κ3) is 3.83. The maximum absolute atomic E-state index is 12.5. The summed E-state index contributed by atoms with van der Waals surface area (Å²) in [6, 6.07) is 13.6. The number of aryl methyl sites for hydroxylation is 1. The second kappa shape index (κ2) is 7.00. The maximum atomic E-state index is 12.5. The van der Waals surface area contributed by atoms with Gasteiger partial charge in [0.2, 0.25) is 5.78 Å². The zero-order chi connectivity index (χ0) is 18.9. The van der Waals surface area contributed by atoms with E-state index in [4.69, 9.17) is 0 Å². The lowest BCUT2D eigenvalue weighted by Gasteiger charge is -2.24. The number of nitrogens with one attached hydrogen (secondary N) is 1. The standard InChI is InChI=1S/C21H22N2O2S/c1-13-8-7-9-14(21(2,3)4)19(13)23-20(25)16(24)12-18-22-15-10-5-6-11-17(15)26-18/h5-11H,12H2,1-4H3,(H,23,25). The van der Waals surface area contributed by atoms with Gasteiger partial charge in [0.25, 0.3) is 5.91 Å². The van der Waals surface area contributed by atoms with Crippen molar-refractivity contribution in [3.05, 3.63) is 58.6 Å². The highest BCUT2D eigenvalue weighted by Crippen LogP contribution is 2.32. The zero-order valence-electron chi connectivity index (χ0n) is 15.4. The van der Waals surface area contributed by atoms with Crippen molar-refractivity contribution >= 4 is 38.9 Å². The number of ketones is 1. The molecule has 1 heterocycles. The van der Waals surface area contributed by atoms with E-state index in [0.717, 1.165) is 27.0 Å². The van der Waals surface area contributed by atoms with Crippen molar-refractivity contribution in [1.82, 2.24) is 4.98 Å². The maximum Gasteiger partial charge on any atom is 0.292 e. The number of hydrogen-bond acceptors (Lipinski definition) is 4. The topological polar surface area (TPSA) is 59.1 Å². The predicted octanol–water partition coefficient (Wildman–Crippen LogP) is 4.65. The Morgan fingerprint density at radius 2 is 1.81 bits per heavy atom. The molecule has 0 fully saturated rings. The van der Waals surface area contributed by atoms with Crippen LogP contribution in [0.5, 0.6) is 0 Å². The first-order chi connectivity index (χ1) is 12.3. The number of rotatable bonds is 4. The minimum atomic E-state index is -0.593. The van der Waals surface area contributed by atoms with Crippen LogP contribution in [0.4, 0.5) is 5.69 Å². The molecule has 0 aliphatic heterocycles.